The van der Waals surface area contributed by atoms with Crippen molar-refractivity contribution in [3.8, 4) is 5.75 Å². The van der Waals surface area contributed by atoms with Gasteiger partial charge < -0.3 is 9.64 Å². The molecular formula is C22H20ClNO3. The number of Topliss-reactive ketones (excluding diaryl/α,β-unsaturated/α-hetero) is 1. The van der Waals surface area contributed by atoms with Crippen molar-refractivity contribution in [3.63, 3.8) is 0 Å². The fourth-order valence-electron chi connectivity index (χ4n) is 3.74. The van der Waals surface area contributed by atoms with Crippen LogP contribution in [0.2, 0.25) is 5.02 Å². The Bertz CT molecular complexity index is 913. The topological polar surface area (TPSA) is 46.6 Å². The molecule has 1 fully saturated rings. The Morgan fingerprint density at radius 1 is 1.11 bits per heavy atom. The highest BCUT2D eigenvalue weighted by atomic mass is 35.5. The summed E-state index contributed by atoms with van der Waals surface area (Å²) < 4.78 is 6.21. The number of likely N-dealkylation sites (tertiary alicyclic amines) is 1. The Hall–Kier alpha value is -2.59. The van der Waals surface area contributed by atoms with Crippen molar-refractivity contribution in [3.05, 3.63) is 70.8 Å². The van der Waals surface area contributed by atoms with E-state index in [-0.39, 0.29) is 11.7 Å². The van der Waals surface area contributed by atoms with E-state index < -0.39 is 5.60 Å². The average Bonchev–Trinajstić information content (AvgIpc) is 2.67. The first-order valence-corrected chi connectivity index (χ1v) is 9.46. The van der Waals surface area contributed by atoms with Crippen molar-refractivity contribution < 1.29 is 14.3 Å². The number of halogens is 1. The zero-order valence-electron chi connectivity index (χ0n) is 14.9. The molecule has 0 atom stereocenters. The summed E-state index contributed by atoms with van der Waals surface area (Å²) in [5, 5.41) is 0.643. The van der Waals surface area contributed by atoms with E-state index in [1.165, 1.54) is 0 Å². The van der Waals surface area contributed by atoms with Crippen LogP contribution < -0.4 is 4.74 Å². The third-order valence-corrected chi connectivity index (χ3v) is 5.49. The average molecular weight is 382 g/mol. The van der Waals surface area contributed by atoms with Crippen LogP contribution >= 0.6 is 11.6 Å². The minimum absolute atomic E-state index is 0.0349. The number of ketones is 1. The van der Waals surface area contributed by atoms with Gasteiger partial charge in [-0.25, -0.2) is 0 Å². The van der Waals surface area contributed by atoms with Gasteiger partial charge in [0.05, 0.1) is 12.0 Å². The largest absolute Gasteiger partial charge is 0.486 e. The summed E-state index contributed by atoms with van der Waals surface area (Å²) in [5.74, 6) is 0.749. The Morgan fingerprint density at radius 3 is 2.67 bits per heavy atom. The van der Waals surface area contributed by atoms with Crippen LogP contribution in [0.15, 0.2) is 54.6 Å². The fourth-order valence-corrected chi connectivity index (χ4v) is 3.94. The molecule has 0 radical (unpaired) electrons. The van der Waals surface area contributed by atoms with Gasteiger partial charge in [0, 0.05) is 37.0 Å². The lowest BCUT2D eigenvalue weighted by molar-refractivity contribution is -0.129. The number of nitrogens with zero attached hydrogens (tertiary/aromatic N) is 1. The van der Waals surface area contributed by atoms with Gasteiger partial charge in [0.25, 0.3) is 0 Å². The zero-order valence-corrected chi connectivity index (χ0v) is 15.6. The summed E-state index contributed by atoms with van der Waals surface area (Å²) in [6.45, 7) is 1.16. The van der Waals surface area contributed by atoms with Crippen LogP contribution in [0, 0.1) is 0 Å². The van der Waals surface area contributed by atoms with E-state index in [4.69, 9.17) is 16.3 Å². The van der Waals surface area contributed by atoms with E-state index in [0.29, 0.717) is 48.7 Å². The number of benzene rings is 2. The monoisotopic (exact) mass is 381 g/mol. The molecule has 1 spiro atoms. The van der Waals surface area contributed by atoms with Crippen LogP contribution in [-0.2, 0) is 4.79 Å². The molecule has 2 aromatic rings. The zero-order chi connectivity index (χ0) is 18.9. The molecule has 2 aliphatic heterocycles. The number of carbonyl (C=O) groups excluding carboxylic acids is 2. The summed E-state index contributed by atoms with van der Waals surface area (Å²) in [4.78, 5) is 26.8. The lowest BCUT2D eigenvalue weighted by Gasteiger charge is -2.43. The molecule has 5 heteroatoms. The minimum Gasteiger partial charge on any atom is -0.486 e. The van der Waals surface area contributed by atoms with Gasteiger partial charge in [-0.3, -0.25) is 9.59 Å². The molecule has 0 N–H and O–H groups in total. The third-order valence-electron chi connectivity index (χ3n) is 5.25. The number of hydrogen-bond donors (Lipinski definition) is 0. The summed E-state index contributed by atoms with van der Waals surface area (Å²) in [6, 6.07) is 14.8. The predicted molar refractivity (Wildman–Crippen MR) is 105 cm³/mol. The predicted octanol–water partition coefficient (Wildman–Crippen LogP) is 4.38. The quantitative estimate of drug-likeness (QED) is 0.725. The van der Waals surface area contributed by atoms with E-state index in [1.54, 1.807) is 23.1 Å². The highest BCUT2D eigenvalue weighted by Gasteiger charge is 2.43. The Labute approximate surface area is 163 Å². The second kappa shape index (κ2) is 7.20. The van der Waals surface area contributed by atoms with Crippen LogP contribution in [-0.4, -0.2) is 35.3 Å². The van der Waals surface area contributed by atoms with Gasteiger partial charge in [-0.2, -0.15) is 0 Å². The second-order valence-corrected chi connectivity index (χ2v) is 7.53. The number of amides is 1. The van der Waals surface area contributed by atoms with Gasteiger partial charge in [0.15, 0.2) is 5.78 Å². The van der Waals surface area contributed by atoms with Crippen molar-refractivity contribution >= 4 is 29.4 Å². The Kier molecular flexibility index (Phi) is 4.75. The van der Waals surface area contributed by atoms with Gasteiger partial charge in [-0.05, 0) is 35.9 Å². The second-order valence-electron chi connectivity index (χ2n) is 7.09. The van der Waals surface area contributed by atoms with Crippen LogP contribution in [0.5, 0.6) is 5.75 Å². The van der Waals surface area contributed by atoms with E-state index in [9.17, 15) is 9.59 Å². The van der Waals surface area contributed by atoms with Crippen molar-refractivity contribution in [2.24, 2.45) is 0 Å². The maximum absolute atomic E-state index is 12.5. The number of para-hydroxylation sites is 1. The molecule has 2 heterocycles. The molecular weight excluding hydrogens is 362 g/mol. The molecule has 4 nitrogen and oxygen atoms in total. The van der Waals surface area contributed by atoms with E-state index in [2.05, 4.69) is 0 Å². The smallest absolute Gasteiger partial charge is 0.246 e. The first-order chi connectivity index (χ1) is 13.0. The molecule has 2 aliphatic rings. The summed E-state index contributed by atoms with van der Waals surface area (Å²) in [7, 11) is 0. The number of fused-ring (bicyclic) bond motifs is 1. The van der Waals surface area contributed by atoms with E-state index >= 15 is 0 Å². The van der Waals surface area contributed by atoms with Crippen molar-refractivity contribution in [2.45, 2.75) is 24.9 Å². The maximum atomic E-state index is 12.5. The van der Waals surface area contributed by atoms with E-state index in [1.807, 2.05) is 42.5 Å². The summed E-state index contributed by atoms with van der Waals surface area (Å²) >= 11 is 5.97. The van der Waals surface area contributed by atoms with Crippen LogP contribution in [0.3, 0.4) is 0 Å². The lowest BCUT2D eigenvalue weighted by Crippen LogP contribution is -2.52. The standard InChI is InChI=1S/C22H20ClNO3/c23-17-5-3-4-16(14-17)8-9-21(26)24-12-10-22(11-13-24)15-19(25)18-6-1-2-7-20(18)27-22/h1-9,14H,10-13,15H2/b9-8+. The minimum atomic E-state index is -0.487. The fraction of sp³-hybridized carbons (Fsp3) is 0.273. The molecule has 0 aromatic heterocycles. The number of rotatable bonds is 2. The number of piperidine rings is 1. The molecule has 0 unspecified atom stereocenters. The SMILES string of the molecule is O=C1CC2(CCN(C(=O)/C=C/c3cccc(Cl)c3)CC2)Oc2ccccc21. The van der Waals surface area contributed by atoms with Crippen molar-refractivity contribution in [1.29, 1.82) is 0 Å². The highest BCUT2D eigenvalue weighted by Crippen LogP contribution is 2.39. The summed E-state index contributed by atoms with van der Waals surface area (Å²) in [6.07, 6.45) is 5.04. The van der Waals surface area contributed by atoms with Gasteiger partial charge in [0.1, 0.15) is 11.4 Å². The van der Waals surface area contributed by atoms with Gasteiger partial charge in [-0.1, -0.05) is 35.9 Å². The van der Waals surface area contributed by atoms with Gasteiger partial charge in [0.2, 0.25) is 5.91 Å². The van der Waals surface area contributed by atoms with Crippen LogP contribution in [0.4, 0.5) is 0 Å². The molecule has 27 heavy (non-hydrogen) atoms. The number of ether oxygens (including phenoxy) is 1. The molecule has 1 saturated heterocycles. The molecule has 0 aliphatic carbocycles. The third kappa shape index (κ3) is 3.76. The molecule has 2 aromatic carbocycles. The molecule has 1 amide bonds. The van der Waals surface area contributed by atoms with Crippen LogP contribution in [0.1, 0.15) is 35.2 Å². The normalized spacial score (nSPS) is 18.4. The van der Waals surface area contributed by atoms with Crippen LogP contribution in [0.25, 0.3) is 6.08 Å². The number of hydrogen-bond acceptors (Lipinski definition) is 3. The van der Waals surface area contributed by atoms with Gasteiger partial charge >= 0.3 is 0 Å². The molecule has 0 saturated carbocycles. The first kappa shape index (κ1) is 17.8. The number of carbonyl (C=O) groups is 2. The molecule has 138 valence electrons. The van der Waals surface area contributed by atoms with Crippen molar-refractivity contribution in [1.82, 2.24) is 4.90 Å². The van der Waals surface area contributed by atoms with Crippen molar-refractivity contribution in [2.75, 3.05) is 13.1 Å². The molecule has 0 bridgehead atoms. The lowest BCUT2D eigenvalue weighted by atomic mass is 9.82. The first-order valence-electron chi connectivity index (χ1n) is 9.09. The Morgan fingerprint density at radius 2 is 1.89 bits per heavy atom. The molecule has 4 rings (SSSR count). The highest BCUT2D eigenvalue weighted by molar-refractivity contribution is 6.30. The summed E-state index contributed by atoms with van der Waals surface area (Å²) in [5.41, 5.74) is 1.06. The van der Waals surface area contributed by atoms with Gasteiger partial charge in [-0.15, -0.1) is 0 Å². The van der Waals surface area contributed by atoms with E-state index in [0.717, 1.165) is 5.56 Å². The maximum Gasteiger partial charge on any atom is 0.246 e. The Balaban J connectivity index is 1.40.